The van der Waals surface area contributed by atoms with Crippen LogP contribution in [0.3, 0.4) is 0 Å². The van der Waals surface area contributed by atoms with E-state index in [1.807, 2.05) is 38.1 Å². The Morgan fingerprint density at radius 2 is 2.04 bits per heavy atom. The number of likely N-dealkylation sites (tertiary alicyclic amines) is 1. The van der Waals surface area contributed by atoms with Crippen LogP contribution in [0.1, 0.15) is 48.5 Å². The summed E-state index contributed by atoms with van der Waals surface area (Å²) < 4.78 is 0. The number of carbonyl (C=O) groups excluding carboxylic acids is 2. The zero-order valence-corrected chi connectivity index (χ0v) is 14.6. The van der Waals surface area contributed by atoms with E-state index in [1.54, 1.807) is 4.90 Å². The van der Waals surface area contributed by atoms with Crippen LogP contribution in [-0.4, -0.2) is 47.6 Å². The Morgan fingerprint density at radius 3 is 2.71 bits per heavy atom. The molecule has 0 radical (unpaired) electrons. The van der Waals surface area contributed by atoms with Gasteiger partial charge in [-0.3, -0.25) is 9.59 Å². The van der Waals surface area contributed by atoms with Gasteiger partial charge in [0.05, 0.1) is 12.0 Å². The molecule has 2 rings (SSSR count). The van der Waals surface area contributed by atoms with Crippen molar-refractivity contribution in [2.24, 2.45) is 5.92 Å². The van der Waals surface area contributed by atoms with Crippen molar-refractivity contribution >= 4 is 11.8 Å². The summed E-state index contributed by atoms with van der Waals surface area (Å²) in [6.45, 7) is 5.56. The number of carbonyl (C=O) groups is 2. The molecule has 1 aliphatic rings. The highest BCUT2D eigenvalue weighted by Crippen LogP contribution is 2.19. The van der Waals surface area contributed by atoms with Gasteiger partial charge >= 0.3 is 0 Å². The van der Waals surface area contributed by atoms with Gasteiger partial charge in [-0.25, -0.2) is 0 Å². The van der Waals surface area contributed by atoms with Gasteiger partial charge in [0.2, 0.25) is 5.91 Å². The molecule has 1 aromatic rings. The first-order valence-electron chi connectivity index (χ1n) is 8.83. The Kier molecular flexibility index (Phi) is 6.79. The molecule has 1 saturated heterocycles. The fourth-order valence-electron chi connectivity index (χ4n) is 2.96. The number of hydrogen-bond acceptors (Lipinski definition) is 3. The molecule has 1 heterocycles. The largest absolute Gasteiger partial charge is 0.393 e. The highest BCUT2D eigenvalue weighted by molar-refractivity contribution is 5.94. The minimum atomic E-state index is -0.365. The van der Waals surface area contributed by atoms with E-state index in [0.717, 1.165) is 18.4 Å². The maximum absolute atomic E-state index is 12.6. The van der Waals surface area contributed by atoms with Gasteiger partial charge in [0, 0.05) is 25.2 Å². The third kappa shape index (κ3) is 5.06. The van der Waals surface area contributed by atoms with Gasteiger partial charge in [-0.2, -0.15) is 0 Å². The second-order valence-corrected chi connectivity index (χ2v) is 6.60. The number of piperidine rings is 1. The van der Waals surface area contributed by atoms with Crippen LogP contribution in [-0.2, 0) is 4.79 Å². The first kappa shape index (κ1) is 18.5. The number of aryl methyl sites for hydroxylation is 1. The maximum Gasteiger partial charge on any atom is 0.253 e. The van der Waals surface area contributed by atoms with E-state index >= 15 is 0 Å². The number of rotatable bonds is 6. The van der Waals surface area contributed by atoms with Crippen LogP contribution >= 0.6 is 0 Å². The fourth-order valence-corrected chi connectivity index (χ4v) is 2.96. The normalized spacial score (nSPS) is 19.0. The summed E-state index contributed by atoms with van der Waals surface area (Å²) in [6, 6.07) is 7.54. The van der Waals surface area contributed by atoms with Crippen LogP contribution in [0.5, 0.6) is 0 Å². The number of aliphatic hydroxyl groups excluding tert-OH is 1. The first-order valence-corrected chi connectivity index (χ1v) is 8.83. The van der Waals surface area contributed by atoms with Gasteiger partial charge in [-0.1, -0.05) is 24.6 Å². The standard InChI is InChI=1S/C19H28N2O3/c1-3-17(22)10-11-20-18(23)16-5-4-12-21(13-16)19(24)15-8-6-14(2)7-9-15/h6-9,16-17,22H,3-5,10-13H2,1-2H3,(H,20,23). The number of benzene rings is 1. The van der Waals surface area contributed by atoms with Crippen LogP contribution in [0.2, 0.25) is 0 Å². The van der Waals surface area contributed by atoms with Crippen molar-refractivity contribution in [3.05, 3.63) is 35.4 Å². The summed E-state index contributed by atoms with van der Waals surface area (Å²) in [4.78, 5) is 26.6. The molecule has 2 amide bonds. The van der Waals surface area contributed by atoms with Gasteiger partial charge < -0.3 is 15.3 Å². The molecule has 5 nitrogen and oxygen atoms in total. The van der Waals surface area contributed by atoms with Crippen molar-refractivity contribution in [1.29, 1.82) is 0 Å². The molecule has 2 unspecified atom stereocenters. The van der Waals surface area contributed by atoms with Crippen molar-refractivity contribution in [3.63, 3.8) is 0 Å². The quantitative estimate of drug-likeness (QED) is 0.838. The Bertz CT molecular complexity index is 556. The Balaban J connectivity index is 1.87. The molecular weight excluding hydrogens is 304 g/mol. The van der Waals surface area contributed by atoms with E-state index < -0.39 is 0 Å². The molecular formula is C19H28N2O3. The molecule has 1 fully saturated rings. The SMILES string of the molecule is CCC(O)CCNC(=O)C1CCCN(C(=O)c2ccc(C)cc2)C1. The zero-order chi connectivity index (χ0) is 17.5. The third-order valence-corrected chi connectivity index (χ3v) is 4.63. The third-order valence-electron chi connectivity index (χ3n) is 4.63. The Hall–Kier alpha value is -1.88. The molecule has 24 heavy (non-hydrogen) atoms. The van der Waals surface area contributed by atoms with Crippen LogP contribution < -0.4 is 5.32 Å². The molecule has 132 valence electrons. The van der Waals surface area contributed by atoms with Crippen molar-refractivity contribution < 1.29 is 14.7 Å². The lowest BCUT2D eigenvalue weighted by Crippen LogP contribution is -2.45. The van der Waals surface area contributed by atoms with E-state index in [2.05, 4.69) is 5.32 Å². The average molecular weight is 332 g/mol. The summed E-state index contributed by atoms with van der Waals surface area (Å²) in [5.41, 5.74) is 1.80. The van der Waals surface area contributed by atoms with Crippen LogP contribution in [0.15, 0.2) is 24.3 Å². The van der Waals surface area contributed by atoms with Gasteiger partial charge in [-0.05, 0) is 44.7 Å². The van der Waals surface area contributed by atoms with Crippen molar-refractivity contribution in [3.8, 4) is 0 Å². The Morgan fingerprint density at radius 1 is 1.33 bits per heavy atom. The summed E-state index contributed by atoms with van der Waals surface area (Å²) in [5, 5.41) is 12.4. The number of nitrogens with one attached hydrogen (secondary N) is 1. The van der Waals surface area contributed by atoms with Gasteiger partial charge in [0.25, 0.3) is 5.91 Å². The molecule has 0 bridgehead atoms. The maximum atomic E-state index is 12.6. The fraction of sp³-hybridized carbons (Fsp3) is 0.579. The monoisotopic (exact) mass is 332 g/mol. The predicted octanol–water partition coefficient (Wildman–Crippen LogP) is 2.12. The highest BCUT2D eigenvalue weighted by Gasteiger charge is 2.28. The lowest BCUT2D eigenvalue weighted by molar-refractivity contribution is -0.126. The van der Waals surface area contributed by atoms with E-state index in [1.165, 1.54) is 0 Å². The van der Waals surface area contributed by atoms with Gasteiger partial charge in [0.1, 0.15) is 0 Å². The molecule has 2 N–H and O–H groups in total. The predicted molar refractivity (Wildman–Crippen MR) is 93.7 cm³/mol. The van der Waals surface area contributed by atoms with Crippen LogP contribution in [0.25, 0.3) is 0 Å². The van der Waals surface area contributed by atoms with Crippen LogP contribution in [0.4, 0.5) is 0 Å². The highest BCUT2D eigenvalue weighted by atomic mass is 16.3. The molecule has 5 heteroatoms. The Labute approximate surface area is 144 Å². The van der Waals surface area contributed by atoms with E-state index in [0.29, 0.717) is 38.0 Å². The second kappa shape index (κ2) is 8.83. The molecule has 1 aromatic carbocycles. The second-order valence-electron chi connectivity index (χ2n) is 6.60. The molecule has 0 aromatic heterocycles. The minimum Gasteiger partial charge on any atom is -0.393 e. The van der Waals surface area contributed by atoms with Crippen molar-refractivity contribution in [2.45, 2.75) is 45.6 Å². The molecule has 0 saturated carbocycles. The van der Waals surface area contributed by atoms with E-state index in [9.17, 15) is 14.7 Å². The first-order chi connectivity index (χ1) is 11.5. The summed E-state index contributed by atoms with van der Waals surface area (Å²) in [6.07, 6.45) is 2.54. The van der Waals surface area contributed by atoms with E-state index in [4.69, 9.17) is 0 Å². The summed E-state index contributed by atoms with van der Waals surface area (Å²) in [7, 11) is 0. The van der Waals surface area contributed by atoms with Crippen molar-refractivity contribution in [2.75, 3.05) is 19.6 Å². The number of hydrogen-bond donors (Lipinski definition) is 2. The van der Waals surface area contributed by atoms with Gasteiger partial charge in [-0.15, -0.1) is 0 Å². The molecule has 0 spiro atoms. The summed E-state index contributed by atoms with van der Waals surface area (Å²) in [5.74, 6) is -0.180. The topological polar surface area (TPSA) is 69.6 Å². The number of aliphatic hydroxyl groups is 1. The van der Waals surface area contributed by atoms with Crippen LogP contribution in [0, 0.1) is 12.8 Å². The number of amides is 2. The minimum absolute atomic E-state index is 0.00564. The average Bonchev–Trinajstić information content (AvgIpc) is 2.61. The lowest BCUT2D eigenvalue weighted by atomic mass is 9.96. The summed E-state index contributed by atoms with van der Waals surface area (Å²) >= 11 is 0. The molecule has 1 aliphatic heterocycles. The molecule has 2 atom stereocenters. The number of nitrogens with zero attached hydrogens (tertiary/aromatic N) is 1. The molecule has 0 aliphatic carbocycles. The van der Waals surface area contributed by atoms with Gasteiger partial charge in [0.15, 0.2) is 0 Å². The van der Waals surface area contributed by atoms with Crippen molar-refractivity contribution in [1.82, 2.24) is 10.2 Å². The van der Waals surface area contributed by atoms with E-state index in [-0.39, 0.29) is 23.8 Å². The zero-order valence-electron chi connectivity index (χ0n) is 14.6. The lowest BCUT2D eigenvalue weighted by Gasteiger charge is -2.32. The smallest absolute Gasteiger partial charge is 0.253 e.